The van der Waals surface area contributed by atoms with E-state index in [4.69, 9.17) is 14.2 Å². The van der Waals surface area contributed by atoms with E-state index in [1.165, 1.54) is 0 Å². The van der Waals surface area contributed by atoms with Crippen LogP contribution in [0.4, 0.5) is 0 Å². The van der Waals surface area contributed by atoms with Crippen LogP contribution in [0.5, 0.6) is 11.5 Å². The lowest BCUT2D eigenvalue weighted by atomic mass is 9.99. The molecule has 122 valence electrons. The Hall–Kier alpha value is -1.75. The quantitative estimate of drug-likeness (QED) is 0.839. The van der Waals surface area contributed by atoms with E-state index in [1.54, 1.807) is 14.2 Å². The number of hydrogen-bond acceptors (Lipinski definition) is 5. The van der Waals surface area contributed by atoms with Crippen LogP contribution in [0.1, 0.15) is 26.3 Å². The summed E-state index contributed by atoms with van der Waals surface area (Å²) in [4.78, 5) is 6.91. The van der Waals surface area contributed by atoms with Gasteiger partial charge in [-0.3, -0.25) is 9.89 Å². The van der Waals surface area contributed by atoms with Crippen molar-refractivity contribution >= 4 is 5.90 Å². The zero-order chi connectivity index (χ0) is 16.2. The molecule has 0 aromatic heterocycles. The van der Waals surface area contributed by atoms with E-state index in [2.05, 4.69) is 29.8 Å². The highest BCUT2D eigenvalue weighted by atomic mass is 16.5. The second kappa shape index (κ2) is 7.01. The van der Waals surface area contributed by atoms with Crippen LogP contribution in [0.3, 0.4) is 0 Å². The van der Waals surface area contributed by atoms with Gasteiger partial charge in [0.1, 0.15) is 11.5 Å². The van der Waals surface area contributed by atoms with Gasteiger partial charge in [0.15, 0.2) is 0 Å². The molecule has 0 unspecified atom stereocenters. The maximum absolute atomic E-state index is 5.72. The van der Waals surface area contributed by atoms with Gasteiger partial charge < -0.3 is 14.2 Å². The molecule has 5 nitrogen and oxygen atoms in total. The van der Waals surface area contributed by atoms with Crippen LogP contribution in [0, 0.1) is 0 Å². The summed E-state index contributed by atoms with van der Waals surface area (Å²) in [7, 11) is 3.35. The van der Waals surface area contributed by atoms with Crippen molar-refractivity contribution in [3.8, 4) is 11.5 Å². The molecule has 0 bridgehead atoms. The first-order valence-corrected chi connectivity index (χ1v) is 7.66. The van der Waals surface area contributed by atoms with E-state index in [-0.39, 0.29) is 5.54 Å². The molecule has 0 N–H and O–H groups in total. The monoisotopic (exact) mass is 306 g/mol. The summed E-state index contributed by atoms with van der Waals surface area (Å²) in [6, 6.07) is 5.94. The summed E-state index contributed by atoms with van der Waals surface area (Å²) < 4.78 is 16.5. The lowest BCUT2D eigenvalue weighted by Gasteiger charge is -2.41. The summed E-state index contributed by atoms with van der Waals surface area (Å²) in [6.45, 7) is 9.38. The van der Waals surface area contributed by atoms with Gasteiger partial charge >= 0.3 is 0 Å². The van der Waals surface area contributed by atoms with Gasteiger partial charge in [0.25, 0.3) is 0 Å². The first-order chi connectivity index (χ1) is 10.5. The molecule has 0 atom stereocenters. The van der Waals surface area contributed by atoms with Crippen molar-refractivity contribution in [3.05, 3.63) is 23.8 Å². The van der Waals surface area contributed by atoms with Crippen molar-refractivity contribution in [2.45, 2.75) is 32.9 Å². The highest BCUT2D eigenvalue weighted by Crippen LogP contribution is 2.29. The first kappa shape index (κ1) is 16.6. The van der Waals surface area contributed by atoms with Crippen LogP contribution in [0.2, 0.25) is 0 Å². The Bertz CT molecular complexity index is 541. The molecule has 1 heterocycles. The van der Waals surface area contributed by atoms with Crippen LogP contribution in [-0.2, 0) is 11.3 Å². The first-order valence-electron chi connectivity index (χ1n) is 7.66. The van der Waals surface area contributed by atoms with Crippen LogP contribution < -0.4 is 9.47 Å². The van der Waals surface area contributed by atoms with Crippen molar-refractivity contribution < 1.29 is 14.2 Å². The van der Waals surface area contributed by atoms with Crippen molar-refractivity contribution in [3.63, 3.8) is 0 Å². The average Bonchev–Trinajstić information content (AvgIpc) is 2.51. The minimum absolute atomic E-state index is 0.223. The fraction of sp³-hybridized carbons (Fsp3) is 0.588. The average molecular weight is 306 g/mol. The minimum Gasteiger partial charge on any atom is -0.497 e. The highest BCUT2D eigenvalue weighted by Gasteiger charge is 2.36. The van der Waals surface area contributed by atoms with Gasteiger partial charge in [-0.05, 0) is 26.8 Å². The van der Waals surface area contributed by atoms with E-state index < -0.39 is 0 Å². The Balaban J connectivity index is 2.21. The third-order valence-electron chi connectivity index (χ3n) is 4.08. The number of methoxy groups -OCH3 is 2. The van der Waals surface area contributed by atoms with Crippen molar-refractivity contribution in [2.75, 3.05) is 33.9 Å². The van der Waals surface area contributed by atoms with Gasteiger partial charge in [-0.15, -0.1) is 0 Å². The molecule has 0 spiro atoms. The Kier molecular flexibility index (Phi) is 5.29. The topological polar surface area (TPSA) is 43.3 Å². The Morgan fingerprint density at radius 1 is 1.23 bits per heavy atom. The predicted octanol–water partition coefficient (Wildman–Crippen LogP) is 2.73. The molecule has 22 heavy (non-hydrogen) atoms. The Morgan fingerprint density at radius 3 is 2.64 bits per heavy atom. The van der Waals surface area contributed by atoms with Crippen LogP contribution >= 0.6 is 0 Å². The van der Waals surface area contributed by atoms with Crippen molar-refractivity contribution in [1.29, 1.82) is 0 Å². The highest BCUT2D eigenvalue weighted by molar-refractivity contribution is 5.86. The van der Waals surface area contributed by atoms with Crippen LogP contribution in [-0.4, -0.2) is 50.3 Å². The summed E-state index contributed by atoms with van der Waals surface area (Å²) in [5.41, 5.74) is 0.910. The van der Waals surface area contributed by atoms with E-state index in [0.29, 0.717) is 6.61 Å². The number of hydrogen-bond donors (Lipinski definition) is 0. The standard InChI is InChI=1S/C17H26N2O3/c1-6-22-16-17(2,3)19(10-9-18-16)12-13-7-8-14(20-4)11-15(13)21-5/h7-8,11H,6,9-10,12H2,1-5H3. The van der Waals surface area contributed by atoms with Crippen LogP contribution in [0.25, 0.3) is 0 Å². The van der Waals surface area contributed by atoms with Crippen molar-refractivity contribution in [2.24, 2.45) is 4.99 Å². The second-order valence-corrected chi connectivity index (χ2v) is 5.78. The summed E-state index contributed by atoms with van der Waals surface area (Å²) >= 11 is 0. The summed E-state index contributed by atoms with van der Waals surface area (Å²) in [5, 5.41) is 0. The van der Waals surface area contributed by atoms with E-state index >= 15 is 0 Å². The molecule has 0 fully saturated rings. The molecule has 1 aliphatic rings. The summed E-state index contributed by atoms with van der Waals surface area (Å²) in [6.07, 6.45) is 0. The molecule has 0 amide bonds. The van der Waals surface area contributed by atoms with E-state index in [0.717, 1.165) is 42.6 Å². The lowest BCUT2D eigenvalue weighted by molar-refractivity contribution is 0.125. The smallest absolute Gasteiger partial charge is 0.203 e. The molecular formula is C17H26N2O3. The normalized spacial score (nSPS) is 17.8. The third kappa shape index (κ3) is 3.35. The minimum atomic E-state index is -0.223. The van der Waals surface area contributed by atoms with E-state index in [9.17, 15) is 0 Å². The molecule has 2 rings (SSSR count). The van der Waals surface area contributed by atoms with Gasteiger partial charge in [0.05, 0.1) is 32.9 Å². The molecule has 1 aliphatic heterocycles. The molecule has 0 radical (unpaired) electrons. The zero-order valence-electron chi connectivity index (χ0n) is 14.2. The van der Waals surface area contributed by atoms with Crippen LogP contribution in [0.15, 0.2) is 23.2 Å². The van der Waals surface area contributed by atoms with Gasteiger partial charge in [-0.1, -0.05) is 6.07 Å². The second-order valence-electron chi connectivity index (χ2n) is 5.78. The number of nitrogens with zero attached hydrogens (tertiary/aromatic N) is 2. The van der Waals surface area contributed by atoms with Gasteiger partial charge in [0, 0.05) is 24.7 Å². The fourth-order valence-electron chi connectivity index (χ4n) is 2.70. The maximum Gasteiger partial charge on any atom is 0.203 e. The zero-order valence-corrected chi connectivity index (χ0v) is 14.2. The Morgan fingerprint density at radius 2 is 2.00 bits per heavy atom. The number of rotatable bonds is 5. The Labute approximate surface area is 132 Å². The molecule has 1 aromatic rings. The number of ether oxygens (including phenoxy) is 3. The summed E-state index contributed by atoms with van der Waals surface area (Å²) in [5.74, 6) is 2.46. The largest absolute Gasteiger partial charge is 0.497 e. The molecular weight excluding hydrogens is 280 g/mol. The number of aliphatic imine (C=N–C) groups is 1. The predicted molar refractivity (Wildman–Crippen MR) is 88.0 cm³/mol. The molecule has 0 aliphatic carbocycles. The molecule has 0 saturated heterocycles. The van der Waals surface area contributed by atoms with Crippen molar-refractivity contribution in [1.82, 2.24) is 4.90 Å². The fourth-order valence-corrected chi connectivity index (χ4v) is 2.70. The maximum atomic E-state index is 5.72. The lowest BCUT2D eigenvalue weighted by Crippen LogP contribution is -2.54. The molecule has 1 aromatic carbocycles. The third-order valence-corrected chi connectivity index (χ3v) is 4.08. The van der Waals surface area contributed by atoms with Gasteiger partial charge in [0.2, 0.25) is 5.90 Å². The molecule has 0 saturated carbocycles. The SMILES string of the molecule is CCOC1=NCCN(Cc2ccc(OC)cc2OC)C1(C)C. The van der Waals surface area contributed by atoms with Gasteiger partial charge in [-0.25, -0.2) is 0 Å². The molecule has 5 heteroatoms. The number of benzene rings is 1. The van der Waals surface area contributed by atoms with E-state index in [1.807, 2.05) is 19.1 Å². The van der Waals surface area contributed by atoms with Gasteiger partial charge in [-0.2, -0.15) is 0 Å².